The van der Waals surface area contributed by atoms with E-state index in [2.05, 4.69) is 9.47 Å². The summed E-state index contributed by atoms with van der Waals surface area (Å²) in [6.45, 7) is 0. The number of ether oxygens (including phenoxy) is 2. The van der Waals surface area contributed by atoms with Crippen molar-refractivity contribution in [1.29, 1.82) is 5.26 Å². The van der Waals surface area contributed by atoms with Crippen LogP contribution in [0.2, 0.25) is 5.02 Å². The topological polar surface area (TPSA) is 59.3 Å². The third kappa shape index (κ3) is 3.05. The average molecular weight is 280 g/mol. The molecule has 96 valence electrons. The maximum Gasteiger partial charge on any atom is 0.573 e. The first-order chi connectivity index (χ1) is 8.30. The number of carbonyl (C=O) groups excluding carboxylic acids is 1. The highest BCUT2D eigenvalue weighted by molar-refractivity contribution is 6.32. The van der Waals surface area contributed by atoms with Crippen molar-refractivity contribution >= 4 is 17.6 Å². The number of nitrogens with zero attached hydrogens (tertiary/aromatic N) is 1. The molecule has 0 aliphatic heterocycles. The Balaban J connectivity index is 3.47. The van der Waals surface area contributed by atoms with Gasteiger partial charge in [0.05, 0.1) is 17.7 Å². The molecule has 0 saturated carbocycles. The van der Waals surface area contributed by atoms with E-state index >= 15 is 0 Å². The van der Waals surface area contributed by atoms with E-state index in [1.807, 2.05) is 0 Å². The fourth-order valence-electron chi connectivity index (χ4n) is 1.17. The Hall–Kier alpha value is -1.94. The lowest BCUT2D eigenvalue weighted by Crippen LogP contribution is -2.20. The van der Waals surface area contributed by atoms with Gasteiger partial charge < -0.3 is 9.47 Å². The van der Waals surface area contributed by atoms with Crippen molar-refractivity contribution in [3.05, 3.63) is 28.3 Å². The molecule has 0 aliphatic carbocycles. The van der Waals surface area contributed by atoms with Crippen molar-refractivity contribution in [3.63, 3.8) is 0 Å². The second-order valence-electron chi connectivity index (χ2n) is 2.95. The largest absolute Gasteiger partial charge is 0.573 e. The van der Waals surface area contributed by atoms with Gasteiger partial charge in [0.2, 0.25) is 0 Å². The van der Waals surface area contributed by atoms with Gasteiger partial charge >= 0.3 is 12.3 Å². The molecule has 8 heteroatoms. The van der Waals surface area contributed by atoms with Gasteiger partial charge in [0.1, 0.15) is 11.6 Å². The van der Waals surface area contributed by atoms with Crippen LogP contribution in [-0.4, -0.2) is 19.4 Å². The SMILES string of the molecule is COC(=O)c1c(C#N)ccc(Cl)c1OC(F)(F)F. The first-order valence-corrected chi connectivity index (χ1v) is 4.74. The molecule has 0 N–H and O–H groups in total. The van der Waals surface area contributed by atoms with Crippen molar-refractivity contribution in [2.45, 2.75) is 6.36 Å². The van der Waals surface area contributed by atoms with Crippen LogP contribution in [0.5, 0.6) is 5.75 Å². The number of benzene rings is 1. The number of alkyl halides is 3. The lowest BCUT2D eigenvalue weighted by molar-refractivity contribution is -0.274. The fraction of sp³-hybridized carbons (Fsp3) is 0.200. The standard InChI is InChI=1S/C10H5ClF3NO3/c1-17-9(16)7-5(4-15)2-3-6(11)8(7)18-10(12,13)14/h2-3H,1H3. The van der Waals surface area contributed by atoms with E-state index in [1.165, 1.54) is 0 Å². The highest BCUT2D eigenvalue weighted by Gasteiger charge is 2.35. The number of halogens is 4. The van der Waals surface area contributed by atoms with Crippen molar-refractivity contribution in [1.82, 2.24) is 0 Å². The summed E-state index contributed by atoms with van der Waals surface area (Å²) in [4.78, 5) is 11.4. The molecule has 0 atom stereocenters. The monoisotopic (exact) mass is 279 g/mol. The van der Waals surface area contributed by atoms with Crippen LogP contribution in [-0.2, 0) is 4.74 Å². The zero-order chi connectivity index (χ0) is 13.9. The zero-order valence-electron chi connectivity index (χ0n) is 8.84. The summed E-state index contributed by atoms with van der Waals surface area (Å²) in [5.74, 6) is -2.09. The number of nitriles is 1. The van der Waals surface area contributed by atoms with E-state index in [0.29, 0.717) is 0 Å². The molecule has 0 bridgehead atoms. The summed E-state index contributed by atoms with van der Waals surface area (Å²) in [6, 6.07) is 3.67. The predicted molar refractivity (Wildman–Crippen MR) is 54.2 cm³/mol. The fourth-order valence-corrected chi connectivity index (χ4v) is 1.37. The molecule has 0 radical (unpaired) electrons. The molecule has 0 saturated heterocycles. The Bertz CT molecular complexity index is 522. The van der Waals surface area contributed by atoms with Crippen molar-refractivity contribution in [2.24, 2.45) is 0 Å². The Morgan fingerprint density at radius 2 is 2.06 bits per heavy atom. The molecule has 1 aromatic rings. The minimum absolute atomic E-state index is 0.328. The molecule has 18 heavy (non-hydrogen) atoms. The average Bonchev–Trinajstić information content (AvgIpc) is 2.29. The first-order valence-electron chi connectivity index (χ1n) is 4.36. The lowest BCUT2D eigenvalue weighted by atomic mass is 10.1. The third-order valence-electron chi connectivity index (χ3n) is 1.84. The van der Waals surface area contributed by atoms with Crippen LogP contribution < -0.4 is 4.74 Å². The number of carbonyl (C=O) groups is 1. The van der Waals surface area contributed by atoms with Crippen molar-refractivity contribution in [3.8, 4) is 11.8 Å². The zero-order valence-corrected chi connectivity index (χ0v) is 9.59. The summed E-state index contributed by atoms with van der Waals surface area (Å²) in [5.41, 5.74) is -0.990. The van der Waals surface area contributed by atoms with Gasteiger partial charge in [-0.2, -0.15) is 5.26 Å². The third-order valence-corrected chi connectivity index (χ3v) is 2.14. The van der Waals surface area contributed by atoms with E-state index in [-0.39, 0.29) is 5.56 Å². The number of methoxy groups -OCH3 is 1. The van der Waals surface area contributed by atoms with Crippen LogP contribution in [0.25, 0.3) is 0 Å². The summed E-state index contributed by atoms with van der Waals surface area (Å²) >= 11 is 5.52. The Morgan fingerprint density at radius 3 is 2.50 bits per heavy atom. The minimum atomic E-state index is -5.04. The number of rotatable bonds is 2. The Kier molecular flexibility index (Phi) is 4.03. The van der Waals surface area contributed by atoms with Gasteiger partial charge in [-0.05, 0) is 12.1 Å². The first kappa shape index (κ1) is 14.1. The molecule has 1 rings (SSSR count). The molecule has 0 aliphatic rings. The molecular weight excluding hydrogens is 275 g/mol. The molecule has 0 fully saturated rings. The highest BCUT2D eigenvalue weighted by Crippen LogP contribution is 2.35. The van der Waals surface area contributed by atoms with Crippen LogP contribution in [0.3, 0.4) is 0 Å². The van der Waals surface area contributed by atoms with Gasteiger partial charge in [0.15, 0.2) is 5.75 Å². The molecule has 0 aromatic heterocycles. The van der Waals surface area contributed by atoms with Crippen LogP contribution >= 0.6 is 11.6 Å². The van der Waals surface area contributed by atoms with Gasteiger partial charge in [0.25, 0.3) is 0 Å². The van der Waals surface area contributed by atoms with Gasteiger partial charge in [0, 0.05) is 0 Å². The molecule has 0 heterocycles. The Morgan fingerprint density at radius 1 is 1.44 bits per heavy atom. The summed E-state index contributed by atoms with van der Waals surface area (Å²) in [5, 5.41) is 8.29. The van der Waals surface area contributed by atoms with Gasteiger partial charge in [-0.25, -0.2) is 4.79 Å². The maximum atomic E-state index is 12.2. The molecular formula is C10H5ClF3NO3. The van der Waals surface area contributed by atoms with Crippen LogP contribution in [0.1, 0.15) is 15.9 Å². The smallest absolute Gasteiger partial charge is 0.465 e. The van der Waals surface area contributed by atoms with Crippen molar-refractivity contribution < 1.29 is 27.4 Å². The van der Waals surface area contributed by atoms with Crippen LogP contribution in [0.4, 0.5) is 13.2 Å². The quantitative estimate of drug-likeness (QED) is 0.781. The summed E-state index contributed by atoms with van der Waals surface area (Å²) in [7, 11) is 0.960. The number of hydrogen-bond acceptors (Lipinski definition) is 4. The molecule has 0 spiro atoms. The molecule has 1 aromatic carbocycles. The number of esters is 1. The minimum Gasteiger partial charge on any atom is -0.465 e. The van der Waals surface area contributed by atoms with E-state index < -0.39 is 28.7 Å². The second kappa shape index (κ2) is 5.14. The second-order valence-corrected chi connectivity index (χ2v) is 3.36. The number of hydrogen-bond donors (Lipinski definition) is 0. The summed E-state index contributed by atoms with van der Waals surface area (Å²) in [6.07, 6.45) is -5.04. The van der Waals surface area contributed by atoms with E-state index in [1.54, 1.807) is 6.07 Å². The van der Waals surface area contributed by atoms with E-state index in [9.17, 15) is 18.0 Å². The van der Waals surface area contributed by atoms with E-state index in [0.717, 1.165) is 19.2 Å². The summed E-state index contributed by atoms with van der Waals surface area (Å²) < 4.78 is 44.5. The Labute approximate surface area is 104 Å². The predicted octanol–water partition coefficient (Wildman–Crippen LogP) is 2.90. The maximum absolute atomic E-state index is 12.2. The van der Waals surface area contributed by atoms with Gasteiger partial charge in [-0.15, -0.1) is 13.2 Å². The van der Waals surface area contributed by atoms with Crippen LogP contribution in [0.15, 0.2) is 12.1 Å². The lowest BCUT2D eigenvalue weighted by Gasteiger charge is -2.14. The van der Waals surface area contributed by atoms with Gasteiger partial charge in [-0.1, -0.05) is 11.6 Å². The normalized spacial score (nSPS) is 10.7. The van der Waals surface area contributed by atoms with Crippen molar-refractivity contribution in [2.75, 3.05) is 7.11 Å². The molecule has 0 unspecified atom stereocenters. The van der Waals surface area contributed by atoms with Crippen LogP contribution in [0, 0.1) is 11.3 Å². The molecule has 0 amide bonds. The highest BCUT2D eigenvalue weighted by atomic mass is 35.5. The van der Waals surface area contributed by atoms with Gasteiger partial charge in [-0.3, -0.25) is 0 Å². The van der Waals surface area contributed by atoms with E-state index in [4.69, 9.17) is 16.9 Å². The molecule has 4 nitrogen and oxygen atoms in total.